The van der Waals surface area contributed by atoms with Gasteiger partial charge in [-0.3, -0.25) is 0 Å². The summed E-state index contributed by atoms with van der Waals surface area (Å²) >= 11 is 0. The van der Waals surface area contributed by atoms with Crippen LogP contribution in [0.5, 0.6) is 23.0 Å². The van der Waals surface area contributed by atoms with Crippen molar-refractivity contribution in [3.8, 4) is 34.1 Å². The number of rotatable bonds is 2. The van der Waals surface area contributed by atoms with Gasteiger partial charge < -0.3 is 33.9 Å². The SMILES string of the molecule is O=C(O)Oc1ccc2cc1OC(=O)OC(=O)Oc1cc-2ccc1OC(=O)O. The Hall–Kier alpha value is -4.28. The molecule has 1 aliphatic heterocycles. The first kappa shape index (κ1) is 17.5. The van der Waals surface area contributed by atoms with Gasteiger partial charge in [0.1, 0.15) is 0 Å². The molecule has 2 N–H and O–H groups in total. The first-order valence-electron chi connectivity index (χ1n) is 7.03. The number of benzene rings is 2. The van der Waals surface area contributed by atoms with Gasteiger partial charge in [0.15, 0.2) is 23.0 Å². The van der Waals surface area contributed by atoms with E-state index in [9.17, 15) is 19.2 Å². The van der Waals surface area contributed by atoms with Crippen LogP contribution in [0.2, 0.25) is 0 Å². The number of hydrogen-bond donors (Lipinski definition) is 2. The zero-order chi connectivity index (χ0) is 19.6. The van der Waals surface area contributed by atoms with Gasteiger partial charge in [-0.2, -0.15) is 0 Å². The lowest BCUT2D eigenvalue weighted by Gasteiger charge is -2.10. The zero-order valence-corrected chi connectivity index (χ0v) is 13.0. The fourth-order valence-corrected chi connectivity index (χ4v) is 2.18. The Morgan fingerprint density at radius 3 is 1.48 bits per heavy atom. The van der Waals surface area contributed by atoms with Crippen molar-refractivity contribution in [2.24, 2.45) is 0 Å². The van der Waals surface area contributed by atoms with Crippen LogP contribution in [0.1, 0.15) is 0 Å². The number of carbonyl (C=O) groups is 4. The van der Waals surface area contributed by atoms with E-state index in [1.807, 2.05) is 0 Å². The lowest BCUT2D eigenvalue weighted by molar-refractivity contribution is 0.0865. The molecule has 0 fully saturated rings. The topological polar surface area (TPSA) is 155 Å². The molecule has 2 aromatic rings. The van der Waals surface area contributed by atoms with Crippen LogP contribution in [-0.2, 0) is 4.74 Å². The predicted molar refractivity (Wildman–Crippen MR) is 82.3 cm³/mol. The molecule has 1 heterocycles. The largest absolute Gasteiger partial charge is 0.524 e. The Balaban J connectivity index is 2.13. The minimum Gasteiger partial charge on any atom is -0.449 e. The van der Waals surface area contributed by atoms with Gasteiger partial charge in [-0.05, 0) is 35.4 Å². The number of fused-ring (bicyclic) bond motifs is 5. The average molecular weight is 376 g/mol. The van der Waals surface area contributed by atoms with Crippen LogP contribution in [0.15, 0.2) is 36.4 Å². The van der Waals surface area contributed by atoms with E-state index < -0.39 is 24.6 Å². The summed E-state index contributed by atoms with van der Waals surface area (Å²) in [7, 11) is 0. The molecule has 0 aromatic heterocycles. The molecule has 3 rings (SSSR count). The van der Waals surface area contributed by atoms with Gasteiger partial charge >= 0.3 is 24.6 Å². The van der Waals surface area contributed by atoms with E-state index in [0.29, 0.717) is 11.1 Å². The summed E-state index contributed by atoms with van der Waals surface area (Å²) in [5.74, 6) is -1.30. The summed E-state index contributed by atoms with van der Waals surface area (Å²) in [6.07, 6.45) is -6.35. The molecule has 1 aliphatic rings. The molecule has 0 saturated carbocycles. The maximum Gasteiger partial charge on any atom is 0.524 e. The second-order valence-electron chi connectivity index (χ2n) is 4.87. The minimum atomic E-state index is -1.65. The monoisotopic (exact) mass is 376 g/mol. The standard InChI is InChI=1S/C16H8O11/c17-13(18)23-9-3-1-7-5-11(9)25-15(21)27-16(22)26-12-6-8(7)2-4-10(12)24-14(19)20/h1-6H,(H,17,18)(H,19,20). The molecule has 138 valence electrons. The lowest BCUT2D eigenvalue weighted by Crippen LogP contribution is -2.20. The molecule has 0 spiro atoms. The molecule has 0 unspecified atom stereocenters. The van der Waals surface area contributed by atoms with E-state index in [2.05, 4.69) is 14.2 Å². The van der Waals surface area contributed by atoms with Crippen molar-refractivity contribution in [3.05, 3.63) is 36.4 Å². The van der Waals surface area contributed by atoms with Crippen LogP contribution in [0.3, 0.4) is 0 Å². The van der Waals surface area contributed by atoms with Gasteiger partial charge in [-0.1, -0.05) is 12.1 Å². The molecule has 27 heavy (non-hydrogen) atoms. The van der Waals surface area contributed by atoms with Gasteiger partial charge in [0.05, 0.1) is 0 Å². The Morgan fingerprint density at radius 1 is 0.704 bits per heavy atom. The third kappa shape index (κ3) is 4.04. The molecule has 0 aliphatic carbocycles. The zero-order valence-electron chi connectivity index (χ0n) is 13.0. The normalized spacial score (nSPS) is 12.6. The summed E-state index contributed by atoms with van der Waals surface area (Å²) in [6.45, 7) is 0. The van der Waals surface area contributed by atoms with E-state index in [-0.39, 0.29) is 23.0 Å². The summed E-state index contributed by atoms with van der Waals surface area (Å²) < 4.78 is 22.8. The number of carboxylic acid groups (broad SMARTS) is 2. The smallest absolute Gasteiger partial charge is 0.449 e. The van der Waals surface area contributed by atoms with Crippen LogP contribution < -0.4 is 18.9 Å². The van der Waals surface area contributed by atoms with Crippen molar-refractivity contribution < 1.29 is 53.1 Å². The van der Waals surface area contributed by atoms with Crippen molar-refractivity contribution in [2.45, 2.75) is 0 Å². The molecule has 0 radical (unpaired) electrons. The van der Waals surface area contributed by atoms with E-state index >= 15 is 0 Å². The van der Waals surface area contributed by atoms with Crippen molar-refractivity contribution >= 4 is 24.6 Å². The van der Waals surface area contributed by atoms with Gasteiger partial charge in [-0.25, -0.2) is 19.2 Å². The van der Waals surface area contributed by atoms with Gasteiger partial charge in [0.25, 0.3) is 0 Å². The van der Waals surface area contributed by atoms with Crippen LogP contribution in [0.4, 0.5) is 19.2 Å². The molecule has 11 heteroatoms. The second-order valence-corrected chi connectivity index (χ2v) is 4.87. The van der Waals surface area contributed by atoms with Crippen molar-refractivity contribution in [1.82, 2.24) is 0 Å². The van der Waals surface area contributed by atoms with E-state index in [0.717, 1.165) is 0 Å². The lowest BCUT2D eigenvalue weighted by atomic mass is 10.0. The molecule has 2 aromatic carbocycles. The van der Waals surface area contributed by atoms with Crippen molar-refractivity contribution in [3.63, 3.8) is 0 Å². The van der Waals surface area contributed by atoms with Crippen LogP contribution >= 0.6 is 0 Å². The molecule has 11 nitrogen and oxygen atoms in total. The van der Waals surface area contributed by atoms with Crippen LogP contribution in [-0.4, -0.2) is 34.8 Å². The van der Waals surface area contributed by atoms with Crippen molar-refractivity contribution in [2.75, 3.05) is 0 Å². The molecule has 4 bridgehead atoms. The maximum absolute atomic E-state index is 11.7. The third-order valence-electron chi connectivity index (χ3n) is 3.17. The van der Waals surface area contributed by atoms with E-state index in [1.54, 1.807) is 0 Å². The Kier molecular flexibility index (Phi) is 4.49. The number of hydrogen-bond acceptors (Lipinski definition) is 9. The maximum atomic E-state index is 11.7. The molecule has 0 saturated heterocycles. The van der Waals surface area contributed by atoms with Gasteiger partial charge in [0.2, 0.25) is 0 Å². The number of ether oxygens (including phenoxy) is 5. The quantitative estimate of drug-likeness (QED) is 0.449. The molecule has 0 atom stereocenters. The van der Waals surface area contributed by atoms with Gasteiger partial charge in [0, 0.05) is 0 Å². The summed E-state index contributed by atoms with van der Waals surface area (Å²) in [5, 5.41) is 17.5. The third-order valence-corrected chi connectivity index (χ3v) is 3.17. The number of carbonyl (C=O) groups excluding carboxylic acids is 2. The van der Waals surface area contributed by atoms with Gasteiger partial charge in [-0.15, -0.1) is 0 Å². The number of cyclic esters (lactones) is 2. The highest BCUT2D eigenvalue weighted by Crippen LogP contribution is 2.38. The van der Waals surface area contributed by atoms with Crippen LogP contribution in [0.25, 0.3) is 11.1 Å². The average Bonchev–Trinajstić information content (AvgIpc) is 2.57. The highest BCUT2D eigenvalue weighted by atomic mass is 16.8. The molecule has 0 amide bonds. The first-order valence-corrected chi connectivity index (χ1v) is 7.03. The van der Waals surface area contributed by atoms with E-state index in [1.165, 1.54) is 36.4 Å². The highest BCUT2D eigenvalue weighted by Gasteiger charge is 2.23. The Bertz CT molecular complexity index is 885. The summed E-state index contributed by atoms with van der Waals surface area (Å²) in [6, 6.07) is 7.82. The van der Waals surface area contributed by atoms with Crippen LogP contribution in [0, 0.1) is 0 Å². The van der Waals surface area contributed by atoms with E-state index in [4.69, 9.17) is 19.7 Å². The Labute approximate surface area is 149 Å². The highest BCUT2D eigenvalue weighted by molar-refractivity contribution is 5.83. The summed E-state index contributed by atoms with van der Waals surface area (Å²) in [4.78, 5) is 44.9. The fraction of sp³-hybridized carbons (Fsp3) is 0. The summed E-state index contributed by atoms with van der Waals surface area (Å²) in [5.41, 5.74) is 0.799. The van der Waals surface area contributed by atoms with Crippen molar-refractivity contribution in [1.29, 1.82) is 0 Å². The first-order chi connectivity index (χ1) is 12.8. The molecular formula is C16H8O11. The fourth-order valence-electron chi connectivity index (χ4n) is 2.18. The predicted octanol–water partition coefficient (Wildman–Crippen LogP) is 3.50. The molecular weight excluding hydrogens is 368 g/mol. The Morgan fingerprint density at radius 2 is 1.11 bits per heavy atom. The minimum absolute atomic E-state index is 0.318. The second kappa shape index (κ2) is 6.92.